The van der Waals surface area contributed by atoms with E-state index in [-0.39, 0.29) is 24.0 Å². The van der Waals surface area contributed by atoms with Crippen molar-refractivity contribution in [1.82, 2.24) is 10.2 Å². The molecule has 1 N–H and O–H groups in total. The summed E-state index contributed by atoms with van der Waals surface area (Å²) in [7, 11) is 3.88. The van der Waals surface area contributed by atoms with Gasteiger partial charge in [-0.3, -0.25) is 4.99 Å². The second-order valence-corrected chi connectivity index (χ2v) is 7.19. The maximum Gasteiger partial charge on any atom is 0.193 e. The summed E-state index contributed by atoms with van der Waals surface area (Å²) in [6, 6.07) is 19.0. The third-order valence-electron chi connectivity index (χ3n) is 4.93. The van der Waals surface area contributed by atoms with Crippen LogP contribution in [0, 0.1) is 0 Å². The van der Waals surface area contributed by atoms with Gasteiger partial charge in [-0.25, -0.2) is 0 Å². The van der Waals surface area contributed by atoms with Gasteiger partial charge in [0.25, 0.3) is 0 Å². The molecule has 6 heteroatoms. The van der Waals surface area contributed by atoms with E-state index in [9.17, 15) is 0 Å². The van der Waals surface area contributed by atoms with Crippen LogP contribution in [0.3, 0.4) is 0 Å². The number of benzene rings is 2. The van der Waals surface area contributed by atoms with Crippen LogP contribution in [0.2, 0.25) is 0 Å². The van der Waals surface area contributed by atoms with Gasteiger partial charge in [0, 0.05) is 40.4 Å². The van der Waals surface area contributed by atoms with Crippen LogP contribution in [0.5, 0.6) is 0 Å². The van der Waals surface area contributed by atoms with Crippen LogP contribution >= 0.6 is 24.0 Å². The van der Waals surface area contributed by atoms with E-state index in [1.807, 2.05) is 13.1 Å². The van der Waals surface area contributed by atoms with Crippen molar-refractivity contribution in [2.24, 2.45) is 4.99 Å². The molecular formula is C23H32IN3O2. The summed E-state index contributed by atoms with van der Waals surface area (Å²) in [4.78, 5) is 6.55. The average Bonchev–Trinajstić information content (AvgIpc) is 2.74. The molecule has 1 saturated heterocycles. The highest BCUT2D eigenvalue weighted by Gasteiger charge is 2.14. The zero-order chi connectivity index (χ0) is 19.6. The van der Waals surface area contributed by atoms with E-state index in [1.54, 1.807) is 0 Å². The molecule has 0 bridgehead atoms. The summed E-state index contributed by atoms with van der Waals surface area (Å²) < 4.78 is 11.4. The average molecular weight is 509 g/mol. The lowest BCUT2D eigenvalue weighted by Gasteiger charge is -2.23. The second-order valence-electron chi connectivity index (χ2n) is 7.19. The molecule has 1 aliphatic rings. The molecule has 0 unspecified atom stereocenters. The first-order chi connectivity index (χ1) is 13.7. The minimum Gasteiger partial charge on any atom is -0.381 e. The van der Waals surface area contributed by atoms with E-state index in [0.29, 0.717) is 12.7 Å². The van der Waals surface area contributed by atoms with Crippen molar-refractivity contribution in [2.45, 2.75) is 38.6 Å². The van der Waals surface area contributed by atoms with Gasteiger partial charge in [-0.1, -0.05) is 54.6 Å². The van der Waals surface area contributed by atoms with Gasteiger partial charge in [0.2, 0.25) is 0 Å². The Balaban J connectivity index is 0.00000300. The Morgan fingerprint density at radius 1 is 1.07 bits per heavy atom. The van der Waals surface area contributed by atoms with Gasteiger partial charge in [-0.2, -0.15) is 0 Å². The molecular weight excluding hydrogens is 477 g/mol. The number of halogens is 1. The van der Waals surface area contributed by atoms with Gasteiger partial charge < -0.3 is 19.7 Å². The summed E-state index contributed by atoms with van der Waals surface area (Å²) in [6.45, 7) is 3.83. The third kappa shape index (κ3) is 7.95. The Morgan fingerprint density at radius 3 is 2.48 bits per heavy atom. The number of guanidine groups is 1. The van der Waals surface area contributed by atoms with Crippen molar-refractivity contribution in [1.29, 1.82) is 0 Å². The van der Waals surface area contributed by atoms with Crippen molar-refractivity contribution in [3.63, 3.8) is 0 Å². The Bertz CT molecular complexity index is 749. The molecule has 0 radical (unpaired) electrons. The van der Waals surface area contributed by atoms with Crippen LogP contribution in [0.1, 0.15) is 29.5 Å². The first-order valence-corrected chi connectivity index (χ1v) is 9.97. The van der Waals surface area contributed by atoms with Crippen LogP contribution in [0.4, 0.5) is 0 Å². The lowest BCUT2D eigenvalue weighted by molar-refractivity contribution is -0.0390. The summed E-state index contributed by atoms with van der Waals surface area (Å²) >= 11 is 0. The Kier molecular flexibility index (Phi) is 10.5. The van der Waals surface area contributed by atoms with Crippen molar-refractivity contribution < 1.29 is 9.47 Å². The molecule has 1 aliphatic heterocycles. The van der Waals surface area contributed by atoms with E-state index in [1.165, 1.54) is 16.7 Å². The number of nitrogens with one attached hydrogen (secondary N) is 1. The molecule has 0 spiro atoms. The number of rotatable bonds is 7. The summed E-state index contributed by atoms with van der Waals surface area (Å²) in [6.07, 6.45) is 2.30. The highest BCUT2D eigenvalue weighted by Crippen LogP contribution is 2.14. The van der Waals surface area contributed by atoms with E-state index in [2.05, 4.69) is 70.8 Å². The van der Waals surface area contributed by atoms with Gasteiger partial charge >= 0.3 is 0 Å². The minimum absolute atomic E-state index is 0. The quantitative estimate of drug-likeness (QED) is 0.345. The fourth-order valence-corrected chi connectivity index (χ4v) is 3.38. The highest BCUT2D eigenvalue weighted by atomic mass is 127. The maximum atomic E-state index is 6.04. The summed E-state index contributed by atoms with van der Waals surface area (Å²) in [5, 5.41) is 3.46. The predicted molar refractivity (Wildman–Crippen MR) is 129 cm³/mol. The van der Waals surface area contributed by atoms with Crippen LogP contribution in [0.15, 0.2) is 59.6 Å². The van der Waals surface area contributed by atoms with Crippen LogP contribution < -0.4 is 5.32 Å². The van der Waals surface area contributed by atoms with Gasteiger partial charge in [0.1, 0.15) is 0 Å². The van der Waals surface area contributed by atoms with Gasteiger partial charge in [0.15, 0.2) is 5.96 Å². The fourth-order valence-electron chi connectivity index (χ4n) is 3.38. The molecule has 5 nitrogen and oxygen atoms in total. The minimum atomic E-state index is 0. The maximum absolute atomic E-state index is 6.04. The fraction of sp³-hybridized carbons (Fsp3) is 0.435. The molecule has 2 aromatic carbocycles. The Labute approximate surface area is 191 Å². The third-order valence-corrected chi connectivity index (χ3v) is 4.93. The topological polar surface area (TPSA) is 46.1 Å². The van der Waals surface area contributed by atoms with Crippen molar-refractivity contribution >= 4 is 29.9 Å². The van der Waals surface area contributed by atoms with Crippen LogP contribution in [-0.2, 0) is 29.2 Å². The lowest BCUT2D eigenvalue weighted by atomic mass is 10.1. The van der Waals surface area contributed by atoms with Crippen molar-refractivity contribution in [2.75, 3.05) is 27.3 Å². The molecule has 3 rings (SSSR count). The van der Waals surface area contributed by atoms with Crippen LogP contribution in [-0.4, -0.2) is 44.3 Å². The van der Waals surface area contributed by atoms with Gasteiger partial charge in [0.05, 0.1) is 12.7 Å². The molecule has 0 atom stereocenters. The monoisotopic (exact) mass is 509 g/mol. The van der Waals surface area contributed by atoms with Gasteiger partial charge in [-0.15, -0.1) is 24.0 Å². The van der Waals surface area contributed by atoms with Crippen molar-refractivity contribution in [3.05, 3.63) is 71.3 Å². The number of hydrogen-bond donors (Lipinski definition) is 1. The number of ether oxygens (including phenoxy) is 2. The normalized spacial score (nSPS) is 14.9. The van der Waals surface area contributed by atoms with Gasteiger partial charge in [-0.05, 0) is 29.5 Å². The summed E-state index contributed by atoms with van der Waals surface area (Å²) in [5.74, 6) is 0.882. The number of aliphatic imine (C=N–C) groups is 1. The smallest absolute Gasteiger partial charge is 0.193 e. The molecule has 1 fully saturated rings. The van der Waals surface area contributed by atoms with Crippen LogP contribution in [0.25, 0.3) is 0 Å². The van der Waals surface area contributed by atoms with E-state index < -0.39 is 0 Å². The molecule has 2 aromatic rings. The largest absolute Gasteiger partial charge is 0.381 e. The van der Waals surface area contributed by atoms with Crippen molar-refractivity contribution in [3.8, 4) is 0 Å². The van der Waals surface area contributed by atoms with E-state index in [4.69, 9.17) is 9.47 Å². The summed E-state index contributed by atoms with van der Waals surface area (Å²) in [5.41, 5.74) is 3.70. The standard InChI is InChI=1S/C23H31N3O2.HI/c1-24-23(26(2)17-19-7-4-3-5-8-19)25-16-20-9-6-10-21(15-20)18-28-22-11-13-27-14-12-22;/h3-10,15,22H,11-14,16-18H2,1-2H3,(H,24,25);1H. The molecule has 0 aromatic heterocycles. The zero-order valence-corrected chi connectivity index (χ0v) is 19.7. The first kappa shape index (κ1) is 23.6. The van der Waals surface area contributed by atoms with E-state index >= 15 is 0 Å². The lowest BCUT2D eigenvalue weighted by Crippen LogP contribution is -2.38. The highest BCUT2D eigenvalue weighted by molar-refractivity contribution is 14.0. The number of hydrogen-bond acceptors (Lipinski definition) is 3. The molecule has 158 valence electrons. The molecule has 29 heavy (non-hydrogen) atoms. The SMILES string of the molecule is CN=C(NCc1cccc(COC2CCOCC2)c1)N(C)Cc1ccccc1.I. The second kappa shape index (κ2) is 12.8. The Hall–Kier alpha value is -1.64. The zero-order valence-electron chi connectivity index (χ0n) is 17.3. The number of nitrogens with zero attached hydrogens (tertiary/aromatic N) is 2. The van der Waals surface area contributed by atoms with E-state index in [0.717, 1.165) is 45.1 Å². The first-order valence-electron chi connectivity index (χ1n) is 9.97. The molecule has 0 aliphatic carbocycles. The molecule has 0 amide bonds. The predicted octanol–water partition coefficient (Wildman–Crippen LogP) is 4.21. The Morgan fingerprint density at radius 2 is 1.76 bits per heavy atom. The molecule has 1 heterocycles. The molecule has 0 saturated carbocycles.